The molecule has 0 spiro atoms. The lowest BCUT2D eigenvalue weighted by molar-refractivity contribution is 0.0965. The van der Waals surface area contributed by atoms with Crippen molar-refractivity contribution < 1.29 is 9.90 Å². The van der Waals surface area contributed by atoms with Gasteiger partial charge < -0.3 is 5.11 Å². The summed E-state index contributed by atoms with van der Waals surface area (Å²) in [5.74, 6) is -0.00407. The van der Waals surface area contributed by atoms with Crippen LogP contribution in [0.1, 0.15) is 10.4 Å². The molecule has 0 aliphatic carbocycles. The number of rotatable bonds is 4. The highest BCUT2D eigenvalue weighted by Crippen LogP contribution is 2.12. The van der Waals surface area contributed by atoms with Crippen LogP contribution in [0.4, 0.5) is 0 Å². The van der Waals surface area contributed by atoms with Gasteiger partial charge >= 0.3 is 0 Å². The minimum Gasteiger partial charge on any atom is -0.395 e. The first-order valence-corrected chi connectivity index (χ1v) is 5.31. The Labute approximate surface area is 82.0 Å². The summed E-state index contributed by atoms with van der Waals surface area (Å²) in [6.07, 6.45) is 1.82. The van der Waals surface area contributed by atoms with E-state index < -0.39 is 0 Å². The molecular formula is C10H12O2S. The zero-order chi connectivity index (χ0) is 9.68. The highest BCUT2D eigenvalue weighted by molar-refractivity contribution is 8.00. The van der Waals surface area contributed by atoms with Gasteiger partial charge in [0.1, 0.15) is 0 Å². The van der Waals surface area contributed by atoms with Crippen LogP contribution in [0.2, 0.25) is 0 Å². The van der Waals surface area contributed by atoms with E-state index >= 15 is 0 Å². The second kappa shape index (κ2) is 5.04. The predicted molar refractivity (Wildman–Crippen MR) is 55.2 cm³/mol. The van der Waals surface area contributed by atoms with Gasteiger partial charge in [0.25, 0.3) is 0 Å². The van der Waals surface area contributed by atoms with Crippen LogP contribution in [-0.4, -0.2) is 29.0 Å². The van der Waals surface area contributed by atoms with Crippen LogP contribution in [-0.2, 0) is 0 Å². The SMILES string of the molecule is CSC(CO)C(=O)c1ccccc1. The second-order valence-electron chi connectivity index (χ2n) is 2.64. The van der Waals surface area contributed by atoms with Crippen molar-refractivity contribution in [3.63, 3.8) is 0 Å². The van der Waals surface area contributed by atoms with Crippen molar-refractivity contribution in [2.45, 2.75) is 5.25 Å². The highest BCUT2D eigenvalue weighted by Gasteiger charge is 2.16. The van der Waals surface area contributed by atoms with E-state index in [-0.39, 0.29) is 17.6 Å². The Hall–Kier alpha value is -0.800. The molecule has 0 aromatic heterocycles. The molecular weight excluding hydrogens is 184 g/mol. The normalized spacial score (nSPS) is 12.5. The molecule has 0 fully saturated rings. The molecule has 0 aliphatic heterocycles. The summed E-state index contributed by atoms with van der Waals surface area (Å²) < 4.78 is 0. The van der Waals surface area contributed by atoms with Gasteiger partial charge in [0.2, 0.25) is 0 Å². The Morgan fingerprint density at radius 3 is 2.54 bits per heavy atom. The average Bonchev–Trinajstić information content (AvgIpc) is 2.21. The van der Waals surface area contributed by atoms with Gasteiger partial charge in [-0.1, -0.05) is 30.3 Å². The van der Waals surface area contributed by atoms with Crippen LogP contribution in [0.15, 0.2) is 30.3 Å². The number of Topliss-reactive ketones (excluding diaryl/α,β-unsaturated/α-hetero) is 1. The summed E-state index contributed by atoms with van der Waals surface area (Å²) in [4.78, 5) is 11.6. The number of ketones is 1. The average molecular weight is 196 g/mol. The number of hydrogen-bond donors (Lipinski definition) is 1. The molecule has 0 amide bonds. The minimum absolute atomic E-state index is 0.00407. The zero-order valence-corrected chi connectivity index (χ0v) is 8.25. The van der Waals surface area contributed by atoms with Crippen LogP contribution in [0.5, 0.6) is 0 Å². The van der Waals surface area contributed by atoms with Crippen molar-refractivity contribution in [3.8, 4) is 0 Å². The van der Waals surface area contributed by atoms with Crippen LogP contribution < -0.4 is 0 Å². The standard InChI is InChI=1S/C10H12O2S/c1-13-9(7-11)10(12)8-5-3-2-4-6-8/h2-6,9,11H,7H2,1H3. The molecule has 1 aromatic rings. The van der Waals surface area contributed by atoms with E-state index in [4.69, 9.17) is 5.11 Å². The first-order chi connectivity index (χ1) is 6.29. The molecule has 0 saturated heterocycles. The molecule has 1 rings (SSSR count). The highest BCUT2D eigenvalue weighted by atomic mass is 32.2. The lowest BCUT2D eigenvalue weighted by atomic mass is 10.1. The first-order valence-electron chi connectivity index (χ1n) is 4.02. The van der Waals surface area contributed by atoms with Crippen LogP contribution in [0.25, 0.3) is 0 Å². The number of hydrogen-bond acceptors (Lipinski definition) is 3. The first kappa shape index (κ1) is 10.3. The Morgan fingerprint density at radius 2 is 2.08 bits per heavy atom. The third kappa shape index (κ3) is 2.57. The fourth-order valence-corrected chi connectivity index (χ4v) is 1.55. The van der Waals surface area contributed by atoms with Gasteiger partial charge in [-0.25, -0.2) is 0 Å². The molecule has 70 valence electrons. The molecule has 0 bridgehead atoms. The Balaban J connectivity index is 2.78. The molecule has 3 heteroatoms. The number of benzene rings is 1. The van der Waals surface area contributed by atoms with Gasteiger partial charge in [-0.15, -0.1) is 0 Å². The fraction of sp³-hybridized carbons (Fsp3) is 0.300. The van der Waals surface area contributed by atoms with Crippen molar-refractivity contribution in [2.24, 2.45) is 0 Å². The quantitative estimate of drug-likeness (QED) is 0.743. The van der Waals surface area contributed by atoms with E-state index in [1.54, 1.807) is 12.1 Å². The summed E-state index contributed by atoms with van der Waals surface area (Å²) in [5, 5.41) is 8.58. The summed E-state index contributed by atoms with van der Waals surface area (Å²) in [6, 6.07) is 9.04. The maximum Gasteiger partial charge on any atom is 0.178 e. The third-order valence-electron chi connectivity index (χ3n) is 1.80. The molecule has 1 aromatic carbocycles. The van der Waals surface area contributed by atoms with Gasteiger partial charge in [-0.05, 0) is 6.26 Å². The fourth-order valence-electron chi connectivity index (χ4n) is 1.05. The Kier molecular flexibility index (Phi) is 3.99. The third-order valence-corrected chi connectivity index (χ3v) is 2.73. The molecule has 1 N–H and O–H groups in total. The monoisotopic (exact) mass is 196 g/mol. The van der Waals surface area contributed by atoms with Gasteiger partial charge in [0.05, 0.1) is 11.9 Å². The summed E-state index contributed by atoms with van der Waals surface area (Å²) >= 11 is 1.37. The molecule has 0 radical (unpaired) electrons. The van der Waals surface area contributed by atoms with E-state index in [2.05, 4.69) is 0 Å². The van der Waals surface area contributed by atoms with E-state index in [0.29, 0.717) is 5.56 Å². The number of carbonyl (C=O) groups excluding carboxylic acids is 1. The molecule has 13 heavy (non-hydrogen) atoms. The van der Waals surface area contributed by atoms with E-state index in [1.165, 1.54) is 11.8 Å². The van der Waals surface area contributed by atoms with E-state index in [1.807, 2.05) is 24.5 Å². The zero-order valence-electron chi connectivity index (χ0n) is 7.43. The van der Waals surface area contributed by atoms with Crippen molar-refractivity contribution in [3.05, 3.63) is 35.9 Å². The number of aliphatic hydroxyl groups is 1. The smallest absolute Gasteiger partial charge is 0.178 e. The van der Waals surface area contributed by atoms with E-state index in [0.717, 1.165) is 0 Å². The Bertz CT molecular complexity index is 268. The lowest BCUT2D eigenvalue weighted by Gasteiger charge is -2.09. The summed E-state index contributed by atoms with van der Waals surface area (Å²) in [5.41, 5.74) is 0.663. The Morgan fingerprint density at radius 1 is 1.46 bits per heavy atom. The molecule has 2 nitrogen and oxygen atoms in total. The number of aliphatic hydroxyl groups excluding tert-OH is 1. The summed E-state index contributed by atoms with van der Waals surface area (Å²) in [6.45, 7) is -0.102. The molecule has 1 atom stereocenters. The lowest BCUT2D eigenvalue weighted by Crippen LogP contribution is -2.20. The molecule has 0 heterocycles. The maximum atomic E-state index is 11.6. The second-order valence-corrected chi connectivity index (χ2v) is 3.68. The predicted octanol–water partition coefficient (Wildman–Crippen LogP) is 1.59. The van der Waals surface area contributed by atoms with Crippen molar-refractivity contribution in [1.82, 2.24) is 0 Å². The van der Waals surface area contributed by atoms with Gasteiger partial charge in [0, 0.05) is 5.56 Å². The van der Waals surface area contributed by atoms with Gasteiger partial charge in [-0.3, -0.25) is 4.79 Å². The van der Waals surface area contributed by atoms with Crippen LogP contribution >= 0.6 is 11.8 Å². The topological polar surface area (TPSA) is 37.3 Å². The van der Waals surface area contributed by atoms with E-state index in [9.17, 15) is 4.79 Å². The number of carbonyl (C=O) groups is 1. The summed E-state index contributed by atoms with van der Waals surface area (Å²) in [7, 11) is 0. The largest absolute Gasteiger partial charge is 0.395 e. The number of thioether (sulfide) groups is 1. The van der Waals surface area contributed by atoms with Crippen molar-refractivity contribution in [2.75, 3.05) is 12.9 Å². The van der Waals surface area contributed by atoms with Crippen LogP contribution in [0, 0.1) is 0 Å². The van der Waals surface area contributed by atoms with Crippen molar-refractivity contribution in [1.29, 1.82) is 0 Å². The van der Waals surface area contributed by atoms with Crippen LogP contribution in [0.3, 0.4) is 0 Å². The molecule has 1 unspecified atom stereocenters. The van der Waals surface area contributed by atoms with Crippen molar-refractivity contribution >= 4 is 17.5 Å². The molecule has 0 aliphatic rings. The molecule has 0 saturated carbocycles. The van der Waals surface area contributed by atoms with Gasteiger partial charge in [0.15, 0.2) is 5.78 Å². The van der Waals surface area contributed by atoms with Gasteiger partial charge in [-0.2, -0.15) is 11.8 Å². The minimum atomic E-state index is -0.331. The maximum absolute atomic E-state index is 11.6.